The zero-order valence-electron chi connectivity index (χ0n) is 7.62. The molecule has 0 bridgehead atoms. The Hall–Kier alpha value is -1.70. The lowest BCUT2D eigenvalue weighted by molar-refractivity contribution is 0.343. The van der Waals surface area contributed by atoms with E-state index in [9.17, 15) is 0 Å². The van der Waals surface area contributed by atoms with Gasteiger partial charge in [0.2, 0.25) is 0 Å². The van der Waals surface area contributed by atoms with Crippen molar-refractivity contribution in [3.8, 4) is 23.7 Å². The zero-order valence-corrected chi connectivity index (χ0v) is 7.62. The number of allylic oxidation sites excluding steroid dienone is 5. The first-order valence-corrected chi connectivity index (χ1v) is 3.96. The van der Waals surface area contributed by atoms with Gasteiger partial charge < -0.3 is 5.11 Å². The molecule has 0 unspecified atom stereocenters. The van der Waals surface area contributed by atoms with Gasteiger partial charge in [-0.25, -0.2) is 0 Å². The molecule has 0 amide bonds. The first-order chi connectivity index (χ1) is 6.41. The van der Waals surface area contributed by atoms with E-state index in [2.05, 4.69) is 23.7 Å². The summed E-state index contributed by atoms with van der Waals surface area (Å²) in [5.74, 6) is 10.8. The predicted octanol–water partition coefficient (Wildman–Crippen LogP) is 1.67. The summed E-state index contributed by atoms with van der Waals surface area (Å²) < 4.78 is 0. The van der Waals surface area contributed by atoms with Crippen molar-refractivity contribution in [2.75, 3.05) is 6.61 Å². The van der Waals surface area contributed by atoms with Gasteiger partial charge in [-0.15, -0.1) is 0 Å². The van der Waals surface area contributed by atoms with Gasteiger partial charge in [0.15, 0.2) is 0 Å². The van der Waals surface area contributed by atoms with Crippen LogP contribution in [-0.4, -0.2) is 11.7 Å². The smallest absolute Gasteiger partial charge is 0.0615 e. The van der Waals surface area contributed by atoms with E-state index < -0.39 is 0 Å². The van der Waals surface area contributed by atoms with Gasteiger partial charge in [-0.05, 0) is 30.9 Å². The van der Waals surface area contributed by atoms with Gasteiger partial charge in [0.05, 0.1) is 6.61 Å². The Bertz CT molecular complexity index is 311. The molecule has 0 fully saturated rings. The molecule has 0 saturated carbocycles. The fourth-order valence-corrected chi connectivity index (χ4v) is 0.482. The fourth-order valence-electron chi connectivity index (χ4n) is 0.482. The zero-order chi connectivity index (χ0) is 9.78. The summed E-state index contributed by atoms with van der Waals surface area (Å²) in [4.78, 5) is 0. The highest BCUT2D eigenvalue weighted by atomic mass is 16.2. The van der Waals surface area contributed by atoms with Gasteiger partial charge in [0, 0.05) is 0 Å². The Labute approximate surface area is 79.5 Å². The van der Waals surface area contributed by atoms with Crippen molar-refractivity contribution < 1.29 is 5.11 Å². The van der Waals surface area contributed by atoms with E-state index in [-0.39, 0.29) is 6.61 Å². The van der Waals surface area contributed by atoms with Crippen LogP contribution in [0, 0.1) is 23.7 Å². The van der Waals surface area contributed by atoms with Crippen LogP contribution in [0.15, 0.2) is 36.5 Å². The number of rotatable bonds is 2. The van der Waals surface area contributed by atoms with Crippen LogP contribution in [0.4, 0.5) is 0 Å². The normalized spacial score (nSPS) is 10.0. The molecule has 0 aliphatic heterocycles. The summed E-state index contributed by atoms with van der Waals surface area (Å²) in [6, 6.07) is 0. The standard InChI is InChI=1S/C12H12O/c1-2-3-4-5-6-7-8-9-10-11-12-13/h2-3,8-11,13H,12H2,1H3. The van der Waals surface area contributed by atoms with Gasteiger partial charge in [-0.3, -0.25) is 0 Å². The molecule has 13 heavy (non-hydrogen) atoms. The van der Waals surface area contributed by atoms with E-state index in [1.807, 2.05) is 13.0 Å². The van der Waals surface area contributed by atoms with Crippen LogP contribution in [0.3, 0.4) is 0 Å². The van der Waals surface area contributed by atoms with Crippen molar-refractivity contribution in [3.05, 3.63) is 36.5 Å². The Balaban J connectivity index is 3.81. The van der Waals surface area contributed by atoms with Crippen molar-refractivity contribution in [1.82, 2.24) is 0 Å². The molecule has 0 aliphatic rings. The largest absolute Gasteiger partial charge is 0.392 e. The lowest BCUT2D eigenvalue weighted by Crippen LogP contribution is -1.67. The Morgan fingerprint density at radius 3 is 2.38 bits per heavy atom. The molecular formula is C12H12O. The lowest BCUT2D eigenvalue weighted by Gasteiger charge is -1.71. The molecule has 0 aromatic heterocycles. The van der Waals surface area contributed by atoms with Gasteiger partial charge in [0.25, 0.3) is 0 Å². The highest BCUT2D eigenvalue weighted by molar-refractivity contribution is 5.34. The number of aliphatic hydroxyl groups excluding tert-OH is 1. The Kier molecular flexibility index (Phi) is 8.95. The van der Waals surface area contributed by atoms with Crippen molar-refractivity contribution in [1.29, 1.82) is 0 Å². The second-order valence-corrected chi connectivity index (χ2v) is 2.01. The highest BCUT2D eigenvalue weighted by Gasteiger charge is 1.61. The van der Waals surface area contributed by atoms with Gasteiger partial charge >= 0.3 is 0 Å². The summed E-state index contributed by atoms with van der Waals surface area (Å²) in [5.41, 5.74) is 0. The second kappa shape index (κ2) is 10.3. The van der Waals surface area contributed by atoms with Crippen LogP contribution < -0.4 is 0 Å². The van der Waals surface area contributed by atoms with E-state index in [1.54, 1.807) is 30.4 Å². The number of hydrogen-bond acceptors (Lipinski definition) is 1. The van der Waals surface area contributed by atoms with Crippen LogP contribution in [0.2, 0.25) is 0 Å². The van der Waals surface area contributed by atoms with E-state index in [0.717, 1.165) is 0 Å². The van der Waals surface area contributed by atoms with Crippen molar-refractivity contribution in [3.63, 3.8) is 0 Å². The second-order valence-electron chi connectivity index (χ2n) is 2.01. The SMILES string of the molecule is CC=CC#CC#CC=CC=CCO. The molecule has 0 saturated heterocycles. The molecule has 0 aromatic rings. The summed E-state index contributed by atoms with van der Waals surface area (Å²) >= 11 is 0. The van der Waals surface area contributed by atoms with Crippen LogP contribution in [0.5, 0.6) is 0 Å². The maximum Gasteiger partial charge on any atom is 0.0615 e. The van der Waals surface area contributed by atoms with Crippen LogP contribution >= 0.6 is 0 Å². The summed E-state index contributed by atoms with van der Waals surface area (Å²) in [7, 11) is 0. The molecule has 0 heterocycles. The highest BCUT2D eigenvalue weighted by Crippen LogP contribution is 1.74. The fraction of sp³-hybridized carbons (Fsp3) is 0.167. The average molecular weight is 172 g/mol. The van der Waals surface area contributed by atoms with Crippen molar-refractivity contribution in [2.45, 2.75) is 6.92 Å². The average Bonchev–Trinajstić information content (AvgIpc) is 2.16. The van der Waals surface area contributed by atoms with Gasteiger partial charge in [0.1, 0.15) is 0 Å². The molecule has 1 heteroatoms. The first kappa shape index (κ1) is 11.3. The van der Waals surface area contributed by atoms with Gasteiger partial charge in [-0.1, -0.05) is 36.1 Å². The maximum absolute atomic E-state index is 8.38. The molecule has 66 valence electrons. The molecule has 0 radical (unpaired) electrons. The molecule has 1 N–H and O–H groups in total. The minimum atomic E-state index is 0.0544. The molecule has 0 rings (SSSR count). The van der Waals surface area contributed by atoms with Crippen molar-refractivity contribution in [2.24, 2.45) is 0 Å². The third kappa shape index (κ3) is 10.3. The summed E-state index contributed by atoms with van der Waals surface area (Å²) in [6.07, 6.45) is 10.4. The molecule has 0 atom stereocenters. The first-order valence-electron chi connectivity index (χ1n) is 3.96. The topological polar surface area (TPSA) is 20.2 Å². The number of aliphatic hydroxyl groups is 1. The third-order valence-corrected chi connectivity index (χ3v) is 0.989. The predicted molar refractivity (Wildman–Crippen MR) is 55.7 cm³/mol. The quantitative estimate of drug-likeness (QED) is 0.496. The van der Waals surface area contributed by atoms with Crippen molar-refractivity contribution >= 4 is 0 Å². The van der Waals surface area contributed by atoms with E-state index >= 15 is 0 Å². The minimum absolute atomic E-state index is 0.0544. The van der Waals surface area contributed by atoms with Gasteiger partial charge in [-0.2, -0.15) is 0 Å². The molecular weight excluding hydrogens is 160 g/mol. The summed E-state index contributed by atoms with van der Waals surface area (Å²) in [6.45, 7) is 1.96. The van der Waals surface area contributed by atoms with Crippen LogP contribution in [-0.2, 0) is 0 Å². The number of hydrogen-bond donors (Lipinski definition) is 1. The van der Waals surface area contributed by atoms with E-state index in [1.165, 1.54) is 0 Å². The lowest BCUT2D eigenvalue weighted by atomic mass is 10.4. The Morgan fingerprint density at radius 1 is 1.08 bits per heavy atom. The van der Waals surface area contributed by atoms with E-state index in [0.29, 0.717) is 0 Å². The third-order valence-electron chi connectivity index (χ3n) is 0.989. The molecule has 0 aromatic carbocycles. The van der Waals surface area contributed by atoms with Crippen LogP contribution in [0.25, 0.3) is 0 Å². The maximum atomic E-state index is 8.38. The summed E-state index contributed by atoms with van der Waals surface area (Å²) in [5, 5.41) is 8.38. The molecule has 0 aliphatic carbocycles. The monoisotopic (exact) mass is 172 g/mol. The molecule has 0 spiro atoms. The van der Waals surface area contributed by atoms with E-state index in [4.69, 9.17) is 5.11 Å². The molecule has 1 nitrogen and oxygen atoms in total. The minimum Gasteiger partial charge on any atom is -0.392 e. The Morgan fingerprint density at radius 2 is 1.77 bits per heavy atom. The van der Waals surface area contributed by atoms with Crippen LogP contribution in [0.1, 0.15) is 6.92 Å².